The molecule has 0 radical (unpaired) electrons. The Morgan fingerprint density at radius 2 is 1.85 bits per heavy atom. The molecule has 0 saturated heterocycles. The van der Waals surface area contributed by atoms with Crippen LogP contribution in [0.2, 0.25) is 5.02 Å². The minimum absolute atomic E-state index is 0. The smallest absolute Gasteiger partial charge is 0.221 e. The van der Waals surface area contributed by atoms with Gasteiger partial charge in [-0.2, -0.15) is 0 Å². The first-order chi connectivity index (χ1) is 8.83. The van der Waals surface area contributed by atoms with Crippen LogP contribution in [0.1, 0.15) is 10.4 Å². The summed E-state index contributed by atoms with van der Waals surface area (Å²) in [6.07, 6.45) is 0. The third kappa shape index (κ3) is 6.61. The highest BCUT2D eigenvalue weighted by Gasteiger charge is 2.17. The van der Waals surface area contributed by atoms with Crippen molar-refractivity contribution in [3.8, 4) is 0 Å². The second-order valence-corrected chi connectivity index (χ2v) is 6.62. The molecule has 0 spiro atoms. The van der Waals surface area contributed by atoms with Gasteiger partial charge in [-0.1, -0.05) is 28.5 Å². The lowest BCUT2D eigenvalue weighted by molar-refractivity contribution is -0.867. The third-order valence-corrected chi connectivity index (χ3v) is 3.57. The lowest BCUT2D eigenvalue weighted by atomic mass is 10.1. The molecule has 0 bridgehead atoms. The van der Waals surface area contributed by atoms with E-state index in [-0.39, 0.29) is 23.2 Å². The Morgan fingerprint density at radius 1 is 1.30 bits per heavy atom. The van der Waals surface area contributed by atoms with E-state index >= 15 is 0 Å². The topological polar surface area (TPSA) is 49.7 Å². The van der Waals surface area contributed by atoms with Crippen molar-refractivity contribution in [1.29, 1.82) is 0 Å². The maximum absolute atomic E-state index is 12.1. The van der Waals surface area contributed by atoms with E-state index < -0.39 is 0 Å². The molecule has 4 nitrogen and oxygen atoms in total. The van der Waals surface area contributed by atoms with Crippen molar-refractivity contribution in [2.75, 3.05) is 33.4 Å². The molecule has 0 atom stereocenters. The number of thioether (sulfide) groups is 1. The summed E-state index contributed by atoms with van der Waals surface area (Å²) in [4.78, 5) is 12.1. The van der Waals surface area contributed by atoms with Gasteiger partial charge in [0, 0.05) is 16.3 Å². The quantitative estimate of drug-likeness (QED) is 0.201. The number of benzene rings is 1. The number of quaternary nitrogens is 1. The number of rotatable bonds is 5. The van der Waals surface area contributed by atoms with Crippen LogP contribution in [0.15, 0.2) is 29.4 Å². The van der Waals surface area contributed by atoms with Gasteiger partial charge in [0.15, 0.2) is 5.04 Å². The number of carbonyl (C=O) groups excluding carboxylic acids is 1. The average molecular weight is 337 g/mol. The summed E-state index contributed by atoms with van der Waals surface area (Å²) in [6.45, 7) is 0.873. The van der Waals surface area contributed by atoms with Crippen molar-refractivity contribution >= 4 is 34.2 Å². The van der Waals surface area contributed by atoms with E-state index in [9.17, 15) is 4.79 Å². The molecule has 0 aliphatic heterocycles. The molecule has 7 heteroatoms. The maximum Gasteiger partial charge on any atom is 0.221 e. The summed E-state index contributed by atoms with van der Waals surface area (Å²) in [6, 6.07) is 6.52. The number of ketones is 1. The summed E-state index contributed by atoms with van der Waals surface area (Å²) < 4.78 is 0.793. The number of Topliss-reactive ketones (excluding diaryl/α,β-unsaturated/α-hetero) is 1. The van der Waals surface area contributed by atoms with E-state index in [2.05, 4.69) is 26.3 Å². The fraction of sp³-hybridized carbons (Fsp3) is 0.385. The highest BCUT2D eigenvalue weighted by Crippen LogP contribution is 2.15. The molecule has 1 rings (SSSR count). The molecule has 0 aliphatic rings. The van der Waals surface area contributed by atoms with Crippen molar-refractivity contribution in [3.05, 3.63) is 34.9 Å². The van der Waals surface area contributed by atoms with Gasteiger partial charge in [0.2, 0.25) is 5.78 Å². The van der Waals surface area contributed by atoms with Crippen LogP contribution in [0, 0.1) is 0 Å². The number of halogens is 2. The van der Waals surface area contributed by atoms with Crippen LogP contribution >= 0.6 is 23.4 Å². The first-order valence-electron chi connectivity index (χ1n) is 5.79. The van der Waals surface area contributed by atoms with Crippen LogP contribution in [-0.4, -0.2) is 54.0 Å². The summed E-state index contributed by atoms with van der Waals surface area (Å²) >= 11 is 7.02. The monoisotopic (exact) mass is 336 g/mol. The number of nitrogens with zero attached hydrogens (tertiary/aromatic N) is 2. The number of oxime groups is 1. The lowest BCUT2D eigenvalue weighted by Gasteiger charge is -2.23. The predicted octanol–water partition coefficient (Wildman–Crippen LogP) is -0.246. The molecule has 1 aromatic rings. The first kappa shape index (κ1) is 19.2. The van der Waals surface area contributed by atoms with E-state index in [0.29, 0.717) is 16.3 Å². The Kier molecular flexibility index (Phi) is 8.20. The van der Waals surface area contributed by atoms with Crippen LogP contribution < -0.4 is 12.4 Å². The number of carbonyl (C=O) groups is 1. The summed E-state index contributed by atoms with van der Waals surface area (Å²) in [5, 5.41) is 12.7. The molecule has 0 aromatic heterocycles. The van der Waals surface area contributed by atoms with Crippen molar-refractivity contribution in [2.24, 2.45) is 5.16 Å². The van der Waals surface area contributed by atoms with Crippen LogP contribution in [0.4, 0.5) is 0 Å². The summed E-state index contributed by atoms with van der Waals surface area (Å²) in [7, 11) is 6.20. The van der Waals surface area contributed by atoms with Crippen molar-refractivity contribution in [3.63, 3.8) is 0 Å². The molecule has 112 valence electrons. The van der Waals surface area contributed by atoms with Crippen molar-refractivity contribution in [2.45, 2.75) is 0 Å². The fourth-order valence-electron chi connectivity index (χ4n) is 1.28. The Balaban J connectivity index is 0.00000361. The van der Waals surface area contributed by atoms with Crippen molar-refractivity contribution < 1.29 is 26.9 Å². The minimum Gasteiger partial charge on any atom is -1.00 e. The van der Waals surface area contributed by atoms with E-state index in [1.165, 1.54) is 11.8 Å². The Labute approximate surface area is 134 Å². The molecule has 0 aliphatic carbocycles. The number of hydrogen-bond acceptors (Lipinski definition) is 4. The standard InChI is InChI=1S/C13H17ClN2O2S.ClH/c1-16(2,3)8-9-19-13(15-18)12(17)10-4-6-11(14)7-5-10;/h4-7H,8-9H2,1-3H3;1H. The van der Waals surface area contributed by atoms with Crippen molar-refractivity contribution in [1.82, 2.24) is 0 Å². The highest BCUT2D eigenvalue weighted by atomic mass is 35.5. The molecular weight excluding hydrogens is 319 g/mol. The average Bonchev–Trinajstić information content (AvgIpc) is 2.33. The van der Waals surface area contributed by atoms with E-state index in [1.54, 1.807) is 24.3 Å². The second-order valence-electron chi connectivity index (χ2n) is 5.10. The lowest BCUT2D eigenvalue weighted by Crippen LogP contribution is -3.00. The van der Waals surface area contributed by atoms with Crippen LogP contribution in [0.3, 0.4) is 0 Å². The highest BCUT2D eigenvalue weighted by molar-refractivity contribution is 8.15. The molecule has 0 unspecified atom stereocenters. The van der Waals surface area contributed by atoms with E-state index in [0.717, 1.165) is 11.0 Å². The van der Waals surface area contributed by atoms with Gasteiger partial charge in [0.05, 0.1) is 27.7 Å². The SMILES string of the molecule is C[N+](C)(C)CCS/C(=N\O)C(=O)c1ccc(Cl)cc1.[Cl-]. The number of hydrogen-bond donors (Lipinski definition) is 1. The summed E-state index contributed by atoms with van der Waals surface area (Å²) in [5.41, 5.74) is 0.468. The Morgan fingerprint density at radius 3 is 2.30 bits per heavy atom. The molecule has 1 N–H and O–H groups in total. The van der Waals surface area contributed by atoms with Gasteiger partial charge < -0.3 is 22.1 Å². The zero-order chi connectivity index (χ0) is 14.5. The van der Waals surface area contributed by atoms with Gasteiger partial charge >= 0.3 is 0 Å². The zero-order valence-corrected chi connectivity index (χ0v) is 14.0. The molecule has 0 saturated carbocycles. The van der Waals surface area contributed by atoms with E-state index in [4.69, 9.17) is 16.8 Å². The van der Waals surface area contributed by atoms with Gasteiger partial charge in [-0.3, -0.25) is 4.79 Å². The largest absolute Gasteiger partial charge is 1.00 e. The Hall–Kier alpha value is -0.750. The van der Waals surface area contributed by atoms with Gasteiger partial charge in [-0.15, -0.1) is 0 Å². The van der Waals surface area contributed by atoms with Gasteiger partial charge in [-0.25, -0.2) is 0 Å². The van der Waals surface area contributed by atoms with Crippen LogP contribution in [0.25, 0.3) is 0 Å². The zero-order valence-electron chi connectivity index (χ0n) is 11.6. The maximum atomic E-state index is 12.1. The predicted molar refractivity (Wildman–Crippen MR) is 80.4 cm³/mol. The Bertz CT molecular complexity index is 470. The fourth-order valence-corrected chi connectivity index (χ4v) is 2.55. The molecule has 0 fully saturated rings. The molecule has 20 heavy (non-hydrogen) atoms. The molecule has 0 amide bonds. The molecule has 0 heterocycles. The van der Waals surface area contributed by atoms with E-state index in [1.807, 2.05) is 0 Å². The van der Waals surface area contributed by atoms with Crippen LogP contribution in [-0.2, 0) is 0 Å². The second kappa shape index (κ2) is 8.52. The van der Waals surface area contributed by atoms with Gasteiger partial charge in [0.1, 0.15) is 0 Å². The minimum atomic E-state index is -0.287. The van der Waals surface area contributed by atoms with Crippen LogP contribution in [0.5, 0.6) is 0 Å². The van der Waals surface area contributed by atoms with Gasteiger partial charge in [0.25, 0.3) is 0 Å². The van der Waals surface area contributed by atoms with Gasteiger partial charge in [-0.05, 0) is 24.3 Å². The molecule has 1 aromatic carbocycles. The first-order valence-corrected chi connectivity index (χ1v) is 7.15. The third-order valence-electron chi connectivity index (χ3n) is 2.39. The normalized spacial score (nSPS) is 11.9. The summed E-state index contributed by atoms with van der Waals surface area (Å²) in [5.74, 6) is 0.424. The molecular formula is C13H18Cl2N2O2S.